The van der Waals surface area contributed by atoms with Crippen LogP contribution in [0.3, 0.4) is 0 Å². The molecule has 2 N–H and O–H groups in total. The number of nitrogen functional groups attached to an aromatic ring is 1. The van der Waals surface area contributed by atoms with Gasteiger partial charge in [-0.2, -0.15) is 0 Å². The fourth-order valence-corrected chi connectivity index (χ4v) is 6.45. The molecule has 1 aromatic rings. The molecule has 142 valence electrons. The Balaban J connectivity index is 1.57. The van der Waals surface area contributed by atoms with E-state index in [1.807, 2.05) is 26.8 Å². The third-order valence-electron chi connectivity index (χ3n) is 6.58. The van der Waals surface area contributed by atoms with Gasteiger partial charge < -0.3 is 10.5 Å². The Kier molecular flexibility index (Phi) is 4.30. The van der Waals surface area contributed by atoms with Crippen LogP contribution in [0.15, 0.2) is 12.1 Å². The molecule has 4 heteroatoms. The zero-order valence-corrected chi connectivity index (χ0v) is 16.9. The summed E-state index contributed by atoms with van der Waals surface area (Å²) < 4.78 is 5.45. The second kappa shape index (κ2) is 6.15. The summed E-state index contributed by atoms with van der Waals surface area (Å²) in [5.74, 6) is 2.34. The fourth-order valence-electron chi connectivity index (χ4n) is 6.18. The van der Waals surface area contributed by atoms with Crippen LogP contribution in [0.1, 0.15) is 75.2 Å². The number of ether oxygens (including phenoxy) is 1. The Labute approximate surface area is 161 Å². The summed E-state index contributed by atoms with van der Waals surface area (Å²) in [5.41, 5.74) is 8.35. The first-order chi connectivity index (χ1) is 12.1. The molecular formula is C22H30ClNO2. The minimum Gasteiger partial charge on any atom is -0.456 e. The van der Waals surface area contributed by atoms with Crippen molar-refractivity contribution < 1.29 is 9.53 Å². The lowest BCUT2D eigenvalue weighted by Gasteiger charge is -2.57. The van der Waals surface area contributed by atoms with Gasteiger partial charge in [-0.25, -0.2) is 4.79 Å². The van der Waals surface area contributed by atoms with Crippen molar-refractivity contribution in [1.29, 1.82) is 0 Å². The monoisotopic (exact) mass is 375 g/mol. The normalized spacial score (nSPS) is 32.7. The first-order valence-corrected chi connectivity index (χ1v) is 10.3. The van der Waals surface area contributed by atoms with Gasteiger partial charge in [-0.15, -0.1) is 0 Å². The number of carbonyl (C=O) groups excluding carboxylic acids is 1. The zero-order chi connectivity index (χ0) is 18.7. The molecule has 0 spiro atoms. The summed E-state index contributed by atoms with van der Waals surface area (Å²) in [6, 6.07) is 3.63. The molecule has 0 amide bonds. The maximum atomic E-state index is 12.4. The summed E-state index contributed by atoms with van der Waals surface area (Å²) in [5, 5.41) is 0.452. The van der Waals surface area contributed by atoms with E-state index >= 15 is 0 Å². The molecule has 0 saturated heterocycles. The van der Waals surface area contributed by atoms with Crippen molar-refractivity contribution in [1.82, 2.24) is 0 Å². The van der Waals surface area contributed by atoms with Gasteiger partial charge in [0.05, 0.1) is 10.6 Å². The van der Waals surface area contributed by atoms with E-state index in [2.05, 4.69) is 0 Å². The van der Waals surface area contributed by atoms with E-state index < -0.39 is 11.6 Å². The molecule has 5 rings (SSSR count). The predicted octanol–water partition coefficient (Wildman–Crippen LogP) is 5.64. The number of hydrogen-bond acceptors (Lipinski definition) is 3. The Hall–Kier alpha value is -1.22. The fraction of sp³-hybridized carbons (Fsp3) is 0.682. The van der Waals surface area contributed by atoms with Crippen molar-refractivity contribution in [3.8, 4) is 0 Å². The molecule has 0 atom stereocenters. The summed E-state index contributed by atoms with van der Waals surface area (Å²) in [4.78, 5) is 12.4. The van der Waals surface area contributed by atoms with Crippen LogP contribution in [0.4, 0.5) is 5.69 Å². The van der Waals surface area contributed by atoms with Crippen LogP contribution >= 0.6 is 11.6 Å². The minimum absolute atomic E-state index is 0.369. The minimum atomic E-state index is -0.549. The lowest BCUT2D eigenvalue weighted by atomic mass is 9.48. The molecule has 3 nitrogen and oxygen atoms in total. The lowest BCUT2D eigenvalue weighted by Crippen LogP contribution is -2.47. The SMILES string of the molecule is CC(C)(C)OC(=O)c1cc(N)c(CC23CC4CC(CC(C4)C2)C3)cc1Cl. The molecular weight excluding hydrogens is 346 g/mol. The van der Waals surface area contributed by atoms with Gasteiger partial charge in [-0.05, 0) is 107 Å². The standard InChI is InChI=1S/C22H30ClNO2/c1-21(2,3)26-20(25)17-8-19(24)16(7-18(17)23)12-22-9-13-4-14(10-22)6-15(5-13)11-22/h7-8,13-15H,4-6,9-12,24H2,1-3H3. The molecule has 0 aliphatic heterocycles. The molecule has 0 heterocycles. The molecule has 4 aliphatic rings. The quantitative estimate of drug-likeness (QED) is 0.549. The largest absolute Gasteiger partial charge is 0.456 e. The van der Waals surface area contributed by atoms with Crippen LogP contribution < -0.4 is 5.73 Å². The Morgan fingerprint density at radius 2 is 1.69 bits per heavy atom. The zero-order valence-electron chi connectivity index (χ0n) is 16.1. The number of hydrogen-bond donors (Lipinski definition) is 1. The highest BCUT2D eigenvalue weighted by Gasteiger charge is 2.50. The second-order valence-corrected chi connectivity index (χ2v) is 10.5. The Bertz CT molecular complexity index is 699. The average Bonchev–Trinajstić information content (AvgIpc) is 2.47. The molecule has 4 bridgehead atoms. The van der Waals surface area contributed by atoms with E-state index in [9.17, 15) is 4.79 Å². The van der Waals surface area contributed by atoms with E-state index in [0.717, 1.165) is 29.7 Å². The van der Waals surface area contributed by atoms with Crippen LogP contribution in [0.2, 0.25) is 5.02 Å². The first-order valence-electron chi connectivity index (χ1n) is 9.94. The van der Waals surface area contributed by atoms with Crippen LogP contribution in [-0.4, -0.2) is 11.6 Å². The van der Waals surface area contributed by atoms with Crippen LogP contribution in [-0.2, 0) is 11.2 Å². The predicted molar refractivity (Wildman–Crippen MR) is 105 cm³/mol. The molecule has 26 heavy (non-hydrogen) atoms. The van der Waals surface area contributed by atoms with Gasteiger partial charge in [0.2, 0.25) is 0 Å². The maximum Gasteiger partial charge on any atom is 0.340 e. The smallest absolute Gasteiger partial charge is 0.340 e. The number of rotatable bonds is 3. The van der Waals surface area contributed by atoms with Gasteiger partial charge in [0.25, 0.3) is 0 Å². The van der Waals surface area contributed by atoms with E-state index in [1.54, 1.807) is 6.07 Å². The number of nitrogens with two attached hydrogens (primary N) is 1. The Morgan fingerprint density at radius 3 is 2.19 bits per heavy atom. The van der Waals surface area contributed by atoms with E-state index in [1.165, 1.54) is 38.5 Å². The summed E-state index contributed by atoms with van der Waals surface area (Å²) in [6.45, 7) is 5.55. The van der Waals surface area contributed by atoms with E-state index in [4.69, 9.17) is 22.1 Å². The van der Waals surface area contributed by atoms with Crippen molar-refractivity contribution in [2.45, 2.75) is 71.3 Å². The van der Waals surface area contributed by atoms with Crippen molar-refractivity contribution in [3.63, 3.8) is 0 Å². The topological polar surface area (TPSA) is 52.3 Å². The first kappa shape index (κ1) is 18.2. The van der Waals surface area contributed by atoms with Gasteiger partial charge in [0.1, 0.15) is 5.60 Å². The van der Waals surface area contributed by atoms with Crippen LogP contribution in [0, 0.1) is 23.2 Å². The third kappa shape index (κ3) is 3.47. The molecule has 4 aliphatic carbocycles. The third-order valence-corrected chi connectivity index (χ3v) is 6.89. The van der Waals surface area contributed by atoms with Gasteiger partial charge in [0, 0.05) is 5.69 Å². The van der Waals surface area contributed by atoms with Crippen molar-refractivity contribution in [2.24, 2.45) is 23.2 Å². The summed E-state index contributed by atoms with van der Waals surface area (Å²) >= 11 is 6.46. The number of anilines is 1. The van der Waals surface area contributed by atoms with Gasteiger partial charge >= 0.3 is 5.97 Å². The highest BCUT2D eigenvalue weighted by Crippen LogP contribution is 2.61. The number of carbonyl (C=O) groups is 1. The van der Waals surface area contributed by atoms with Crippen molar-refractivity contribution in [3.05, 3.63) is 28.3 Å². The van der Waals surface area contributed by atoms with Crippen molar-refractivity contribution >= 4 is 23.3 Å². The summed E-state index contributed by atoms with van der Waals surface area (Å²) in [6.07, 6.45) is 9.32. The number of benzene rings is 1. The molecule has 0 unspecified atom stereocenters. The Morgan fingerprint density at radius 1 is 1.15 bits per heavy atom. The molecule has 4 saturated carbocycles. The van der Waals surface area contributed by atoms with Crippen molar-refractivity contribution in [2.75, 3.05) is 5.73 Å². The maximum absolute atomic E-state index is 12.4. The lowest BCUT2D eigenvalue weighted by molar-refractivity contribution is -0.0521. The second-order valence-electron chi connectivity index (χ2n) is 10.1. The molecule has 0 aromatic heterocycles. The number of halogens is 1. The van der Waals surface area contributed by atoms with Gasteiger partial charge in [0.15, 0.2) is 0 Å². The number of esters is 1. The summed E-state index contributed by atoms with van der Waals surface area (Å²) in [7, 11) is 0. The highest BCUT2D eigenvalue weighted by atomic mass is 35.5. The highest BCUT2D eigenvalue weighted by molar-refractivity contribution is 6.33. The van der Waals surface area contributed by atoms with E-state index in [-0.39, 0.29) is 0 Å². The van der Waals surface area contributed by atoms with E-state index in [0.29, 0.717) is 21.7 Å². The van der Waals surface area contributed by atoms with Gasteiger partial charge in [-0.1, -0.05) is 11.6 Å². The molecule has 0 radical (unpaired) electrons. The van der Waals surface area contributed by atoms with Crippen LogP contribution in [0.25, 0.3) is 0 Å². The van der Waals surface area contributed by atoms with Crippen LogP contribution in [0.5, 0.6) is 0 Å². The average molecular weight is 376 g/mol. The molecule has 4 fully saturated rings. The molecule has 1 aromatic carbocycles. The van der Waals surface area contributed by atoms with Gasteiger partial charge in [-0.3, -0.25) is 0 Å².